The Bertz CT molecular complexity index is 1130. The number of methoxy groups -OCH3 is 1. The van der Waals surface area contributed by atoms with Crippen LogP contribution in [0.1, 0.15) is 19.8 Å². The number of benzene rings is 2. The van der Waals surface area contributed by atoms with E-state index in [4.69, 9.17) is 14.0 Å². The summed E-state index contributed by atoms with van der Waals surface area (Å²) in [6, 6.07) is 8.83. The van der Waals surface area contributed by atoms with Gasteiger partial charge in [0, 0.05) is 30.6 Å². The van der Waals surface area contributed by atoms with E-state index in [1.165, 1.54) is 6.07 Å². The average molecular weight is 458 g/mol. The Morgan fingerprint density at radius 2 is 1.97 bits per heavy atom. The largest absolute Gasteiger partial charge is 0.493 e. The van der Waals surface area contributed by atoms with Crippen LogP contribution in [-0.2, 0) is 4.79 Å². The number of anilines is 2. The molecule has 2 heterocycles. The molecule has 1 saturated heterocycles. The number of piperidine rings is 1. The summed E-state index contributed by atoms with van der Waals surface area (Å²) in [6.07, 6.45) is 1.06. The summed E-state index contributed by atoms with van der Waals surface area (Å²) in [7, 11) is 1.56. The van der Waals surface area contributed by atoms with Crippen molar-refractivity contribution in [2.24, 2.45) is 5.92 Å². The molecule has 0 spiro atoms. The van der Waals surface area contributed by atoms with Crippen molar-refractivity contribution in [3.05, 3.63) is 48.0 Å². The van der Waals surface area contributed by atoms with Crippen LogP contribution in [0.25, 0.3) is 11.4 Å². The van der Waals surface area contributed by atoms with E-state index in [-0.39, 0.29) is 17.5 Å². The fourth-order valence-electron chi connectivity index (χ4n) is 3.70. The van der Waals surface area contributed by atoms with Crippen LogP contribution in [0.5, 0.6) is 11.5 Å². The van der Waals surface area contributed by atoms with Crippen LogP contribution in [0.3, 0.4) is 0 Å². The molecule has 0 aliphatic carbocycles. The van der Waals surface area contributed by atoms with E-state index in [0.717, 1.165) is 17.7 Å². The number of halogens is 2. The molecule has 1 fully saturated rings. The highest BCUT2D eigenvalue weighted by Crippen LogP contribution is 2.32. The number of ether oxygens (including phenoxy) is 2. The molecule has 10 heteroatoms. The maximum absolute atomic E-state index is 13.8. The third-order valence-electron chi connectivity index (χ3n) is 5.46. The van der Waals surface area contributed by atoms with Crippen molar-refractivity contribution in [2.75, 3.05) is 37.0 Å². The van der Waals surface area contributed by atoms with Crippen molar-refractivity contribution in [3.63, 3.8) is 0 Å². The zero-order chi connectivity index (χ0) is 23.4. The van der Waals surface area contributed by atoms with Crippen molar-refractivity contribution in [3.8, 4) is 22.9 Å². The fourth-order valence-corrected chi connectivity index (χ4v) is 3.70. The molecule has 0 bridgehead atoms. The number of nitrogens with one attached hydrogen (secondary N) is 1. The highest BCUT2D eigenvalue weighted by molar-refractivity contribution is 5.92. The third kappa shape index (κ3) is 5.05. The normalized spacial score (nSPS) is 14.2. The van der Waals surface area contributed by atoms with E-state index in [1.807, 2.05) is 17.9 Å². The molecular weight excluding hydrogens is 434 g/mol. The summed E-state index contributed by atoms with van der Waals surface area (Å²) >= 11 is 0. The Balaban J connectivity index is 1.37. The SMILES string of the molecule is CCOc1ccc(-c2noc(N3CCC(C(=O)Nc4ccc(F)cc4F)CC3)n2)cc1OC. The van der Waals surface area contributed by atoms with Crippen LogP contribution in [0, 0.1) is 17.6 Å². The Morgan fingerprint density at radius 1 is 1.18 bits per heavy atom. The van der Waals surface area contributed by atoms with Gasteiger partial charge in [-0.15, -0.1) is 0 Å². The van der Waals surface area contributed by atoms with E-state index >= 15 is 0 Å². The van der Waals surface area contributed by atoms with E-state index in [9.17, 15) is 13.6 Å². The lowest BCUT2D eigenvalue weighted by molar-refractivity contribution is -0.120. The minimum atomic E-state index is -0.801. The number of hydrogen-bond donors (Lipinski definition) is 1. The number of carbonyl (C=O) groups is 1. The van der Waals surface area contributed by atoms with Gasteiger partial charge in [0.25, 0.3) is 0 Å². The van der Waals surface area contributed by atoms with Gasteiger partial charge < -0.3 is 24.2 Å². The quantitative estimate of drug-likeness (QED) is 0.565. The monoisotopic (exact) mass is 458 g/mol. The van der Waals surface area contributed by atoms with Gasteiger partial charge in [-0.1, -0.05) is 5.16 Å². The van der Waals surface area contributed by atoms with Gasteiger partial charge in [-0.05, 0) is 50.1 Å². The minimum absolute atomic E-state index is 0.0313. The molecule has 1 aromatic heterocycles. The summed E-state index contributed by atoms with van der Waals surface area (Å²) in [4.78, 5) is 18.9. The van der Waals surface area contributed by atoms with Crippen LogP contribution in [0.15, 0.2) is 40.9 Å². The Morgan fingerprint density at radius 3 is 2.67 bits per heavy atom. The van der Waals surface area contributed by atoms with Gasteiger partial charge in [-0.3, -0.25) is 4.79 Å². The molecule has 174 valence electrons. The summed E-state index contributed by atoms with van der Waals surface area (Å²) < 4.78 is 43.2. The van der Waals surface area contributed by atoms with Gasteiger partial charge in [0.15, 0.2) is 11.5 Å². The first-order valence-corrected chi connectivity index (χ1v) is 10.6. The maximum atomic E-state index is 13.8. The number of hydrogen-bond acceptors (Lipinski definition) is 7. The lowest BCUT2D eigenvalue weighted by Gasteiger charge is -2.29. The van der Waals surface area contributed by atoms with Crippen LogP contribution < -0.4 is 19.7 Å². The molecule has 0 radical (unpaired) electrons. The summed E-state index contributed by atoms with van der Waals surface area (Å²) in [5.41, 5.74) is 0.692. The fraction of sp³-hybridized carbons (Fsp3) is 0.348. The third-order valence-corrected chi connectivity index (χ3v) is 5.46. The van der Waals surface area contributed by atoms with E-state index in [1.54, 1.807) is 19.2 Å². The smallest absolute Gasteiger partial charge is 0.324 e. The van der Waals surface area contributed by atoms with Crippen molar-refractivity contribution in [1.82, 2.24) is 10.1 Å². The van der Waals surface area contributed by atoms with Gasteiger partial charge in [-0.25, -0.2) is 8.78 Å². The zero-order valence-electron chi connectivity index (χ0n) is 18.3. The molecule has 4 rings (SSSR count). The lowest BCUT2D eigenvalue weighted by atomic mass is 9.96. The second-order valence-corrected chi connectivity index (χ2v) is 7.57. The molecule has 0 saturated carbocycles. The molecule has 1 N–H and O–H groups in total. The van der Waals surface area contributed by atoms with E-state index in [2.05, 4.69) is 15.5 Å². The topological polar surface area (TPSA) is 89.7 Å². The zero-order valence-corrected chi connectivity index (χ0v) is 18.3. The van der Waals surface area contributed by atoms with E-state index in [0.29, 0.717) is 55.9 Å². The van der Waals surface area contributed by atoms with Gasteiger partial charge in [0.2, 0.25) is 11.7 Å². The molecule has 1 amide bonds. The first-order valence-electron chi connectivity index (χ1n) is 10.6. The molecule has 0 atom stereocenters. The predicted octanol–water partition coefficient (Wildman–Crippen LogP) is 4.28. The van der Waals surface area contributed by atoms with Crippen molar-refractivity contribution in [2.45, 2.75) is 19.8 Å². The Labute approximate surface area is 189 Å². The minimum Gasteiger partial charge on any atom is -0.493 e. The number of carbonyl (C=O) groups excluding carboxylic acids is 1. The Kier molecular flexibility index (Phi) is 6.71. The van der Waals surface area contributed by atoms with Crippen molar-refractivity contribution in [1.29, 1.82) is 0 Å². The number of nitrogens with zero attached hydrogens (tertiary/aromatic N) is 3. The van der Waals surface area contributed by atoms with Gasteiger partial charge >= 0.3 is 6.01 Å². The first-order chi connectivity index (χ1) is 16.0. The molecule has 1 aliphatic heterocycles. The highest BCUT2D eigenvalue weighted by atomic mass is 19.1. The van der Waals surface area contributed by atoms with Crippen LogP contribution in [0.4, 0.5) is 20.5 Å². The Hall–Kier alpha value is -3.69. The van der Waals surface area contributed by atoms with Gasteiger partial charge in [0.05, 0.1) is 19.4 Å². The van der Waals surface area contributed by atoms with E-state index < -0.39 is 11.6 Å². The summed E-state index contributed by atoms with van der Waals surface area (Å²) in [5, 5.41) is 6.60. The molecule has 33 heavy (non-hydrogen) atoms. The average Bonchev–Trinajstić information content (AvgIpc) is 3.32. The highest BCUT2D eigenvalue weighted by Gasteiger charge is 2.28. The number of aromatic nitrogens is 2. The lowest BCUT2D eigenvalue weighted by Crippen LogP contribution is -2.38. The molecular formula is C23H24F2N4O4. The van der Waals surface area contributed by atoms with Crippen molar-refractivity contribution < 1.29 is 27.6 Å². The molecule has 0 unspecified atom stereocenters. The van der Waals surface area contributed by atoms with Gasteiger partial charge in [0.1, 0.15) is 11.6 Å². The molecule has 1 aliphatic rings. The number of rotatable bonds is 7. The second kappa shape index (κ2) is 9.85. The molecule has 3 aromatic rings. The predicted molar refractivity (Wildman–Crippen MR) is 117 cm³/mol. The number of amides is 1. The maximum Gasteiger partial charge on any atom is 0.324 e. The molecule has 8 nitrogen and oxygen atoms in total. The first kappa shape index (κ1) is 22.5. The summed E-state index contributed by atoms with van der Waals surface area (Å²) in [5.74, 6) is -0.473. The second-order valence-electron chi connectivity index (χ2n) is 7.57. The molecule has 2 aromatic carbocycles. The van der Waals surface area contributed by atoms with Crippen molar-refractivity contribution >= 4 is 17.6 Å². The summed E-state index contributed by atoms with van der Waals surface area (Å²) in [6.45, 7) is 3.47. The van der Waals surface area contributed by atoms with Gasteiger partial charge in [-0.2, -0.15) is 4.98 Å². The van der Waals surface area contributed by atoms with Crippen LogP contribution >= 0.6 is 0 Å². The van der Waals surface area contributed by atoms with Crippen LogP contribution in [-0.4, -0.2) is 42.9 Å². The van der Waals surface area contributed by atoms with Crippen LogP contribution in [0.2, 0.25) is 0 Å². The standard InChI is InChI=1S/C23H24F2N4O4/c1-3-32-19-7-4-15(12-20(19)31-2)21-27-23(33-28-21)29-10-8-14(9-11-29)22(30)26-18-6-5-16(24)13-17(18)25/h4-7,12-14H,3,8-11H2,1-2H3,(H,26,30).